The molecule has 0 amide bonds. The van der Waals surface area contributed by atoms with Gasteiger partial charge in [0.25, 0.3) is 11.5 Å². The molecule has 0 radical (unpaired) electrons. The first-order chi connectivity index (χ1) is 14.1. The van der Waals surface area contributed by atoms with Crippen molar-refractivity contribution in [3.63, 3.8) is 0 Å². The quantitative estimate of drug-likeness (QED) is 0.411. The van der Waals surface area contributed by atoms with E-state index in [2.05, 4.69) is 6.07 Å². The summed E-state index contributed by atoms with van der Waals surface area (Å²) in [4.78, 5) is 10.7. The zero-order chi connectivity index (χ0) is 20.1. The van der Waals surface area contributed by atoms with Crippen LogP contribution in [0.15, 0.2) is 42.5 Å². The molecule has 0 bridgehead atoms. The number of nitriles is 1. The van der Waals surface area contributed by atoms with Crippen LogP contribution in [0, 0.1) is 21.4 Å². The number of anilines is 1. The SMILES string of the molecule is N#Cc1c(-c2cccc([N+](=O)[O-])c2)cc2[n+](c1N)CCc1cc3c(cc1-2)OCO3. The van der Waals surface area contributed by atoms with E-state index in [0.29, 0.717) is 34.8 Å². The van der Waals surface area contributed by atoms with Crippen molar-refractivity contribution in [2.24, 2.45) is 0 Å². The number of ether oxygens (including phenoxy) is 2. The van der Waals surface area contributed by atoms with Gasteiger partial charge in [-0.25, -0.2) is 4.57 Å². The van der Waals surface area contributed by atoms with E-state index in [-0.39, 0.29) is 12.5 Å². The zero-order valence-electron chi connectivity index (χ0n) is 15.2. The molecule has 1 aromatic heterocycles. The third kappa shape index (κ3) is 2.56. The fourth-order valence-electron chi connectivity index (χ4n) is 3.95. The molecule has 0 aliphatic carbocycles. The minimum Gasteiger partial charge on any atom is -0.454 e. The second-order valence-electron chi connectivity index (χ2n) is 6.89. The fraction of sp³-hybridized carbons (Fsp3) is 0.143. The molecule has 2 aliphatic heterocycles. The summed E-state index contributed by atoms with van der Waals surface area (Å²) >= 11 is 0. The Hall–Kier alpha value is -4.12. The van der Waals surface area contributed by atoms with Crippen LogP contribution in [0.5, 0.6) is 11.5 Å². The van der Waals surface area contributed by atoms with E-state index in [0.717, 1.165) is 29.0 Å². The van der Waals surface area contributed by atoms with E-state index in [1.165, 1.54) is 12.1 Å². The van der Waals surface area contributed by atoms with Gasteiger partial charge in [0.2, 0.25) is 6.79 Å². The minimum absolute atomic E-state index is 0.0425. The summed E-state index contributed by atoms with van der Waals surface area (Å²) in [6.45, 7) is 0.810. The van der Waals surface area contributed by atoms with Crippen LogP contribution in [0.4, 0.5) is 11.5 Å². The fourth-order valence-corrected chi connectivity index (χ4v) is 3.95. The number of hydrogen-bond acceptors (Lipinski definition) is 6. The number of nitro groups is 1. The molecule has 0 saturated carbocycles. The Balaban J connectivity index is 1.76. The number of rotatable bonds is 2. The van der Waals surface area contributed by atoms with Crippen LogP contribution < -0.4 is 19.8 Å². The largest absolute Gasteiger partial charge is 0.454 e. The highest BCUT2D eigenvalue weighted by atomic mass is 16.7. The predicted molar refractivity (Wildman–Crippen MR) is 103 cm³/mol. The minimum atomic E-state index is -0.456. The van der Waals surface area contributed by atoms with Gasteiger partial charge < -0.3 is 9.47 Å². The maximum Gasteiger partial charge on any atom is 0.291 e. The first kappa shape index (κ1) is 17.0. The first-order valence-corrected chi connectivity index (χ1v) is 9.01. The molecule has 0 fully saturated rings. The van der Waals surface area contributed by atoms with E-state index >= 15 is 0 Å². The lowest BCUT2D eigenvalue weighted by atomic mass is 9.92. The van der Waals surface area contributed by atoms with Crippen molar-refractivity contribution in [1.82, 2.24) is 0 Å². The van der Waals surface area contributed by atoms with Crippen molar-refractivity contribution in [3.05, 3.63) is 63.7 Å². The topological polar surface area (TPSA) is 115 Å². The Labute approximate surface area is 165 Å². The molecule has 0 unspecified atom stereocenters. The average Bonchev–Trinajstić information content (AvgIpc) is 3.19. The summed E-state index contributed by atoms with van der Waals surface area (Å²) < 4.78 is 12.9. The third-order valence-corrected chi connectivity index (χ3v) is 5.35. The van der Waals surface area contributed by atoms with Gasteiger partial charge in [0, 0.05) is 29.7 Å². The van der Waals surface area contributed by atoms with Crippen LogP contribution in [-0.2, 0) is 13.0 Å². The predicted octanol–water partition coefficient (Wildman–Crippen LogP) is 2.95. The number of non-ortho nitro benzene ring substituents is 1. The number of nitrogens with two attached hydrogens (primary N) is 1. The molecule has 2 aliphatic rings. The lowest BCUT2D eigenvalue weighted by molar-refractivity contribution is -0.673. The smallest absolute Gasteiger partial charge is 0.291 e. The van der Waals surface area contributed by atoms with Gasteiger partial charge in [-0.2, -0.15) is 5.26 Å². The summed E-state index contributed by atoms with van der Waals surface area (Å²) in [6, 6.07) is 14.1. The molecule has 3 heterocycles. The van der Waals surface area contributed by atoms with Crippen molar-refractivity contribution in [1.29, 1.82) is 5.26 Å². The third-order valence-electron chi connectivity index (χ3n) is 5.35. The summed E-state index contributed by atoms with van der Waals surface area (Å²) in [5.41, 5.74) is 10.6. The summed E-state index contributed by atoms with van der Waals surface area (Å²) in [6.07, 6.45) is 0.745. The number of nitrogens with zero attached hydrogens (tertiary/aromatic N) is 3. The highest BCUT2D eigenvalue weighted by Gasteiger charge is 2.30. The Morgan fingerprint density at radius 2 is 1.93 bits per heavy atom. The van der Waals surface area contributed by atoms with E-state index in [1.807, 2.05) is 22.8 Å². The Kier molecular flexibility index (Phi) is 3.64. The Bertz CT molecular complexity index is 1250. The van der Waals surface area contributed by atoms with Crippen molar-refractivity contribution < 1.29 is 19.0 Å². The van der Waals surface area contributed by atoms with Gasteiger partial charge in [-0.1, -0.05) is 12.1 Å². The lowest BCUT2D eigenvalue weighted by Crippen LogP contribution is -2.43. The van der Waals surface area contributed by atoms with Gasteiger partial charge >= 0.3 is 0 Å². The van der Waals surface area contributed by atoms with E-state index < -0.39 is 4.92 Å². The molecule has 3 aromatic rings. The van der Waals surface area contributed by atoms with Crippen LogP contribution in [0.1, 0.15) is 11.1 Å². The number of pyridine rings is 1. The molecule has 0 spiro atoms. The van der Waals surface area contributed by atoms with E-state index in [9.17, 15) is 15.4 Å². The molecular formula is C21H15N4O4+. The maximum atomic E-state index is 11.2. The van der Waals surface area contributed by atoms with Gasteiger partial charge in [-0.15, -0.1) is 0 Å². The summed E-state index contributed by atoms with van der Waals surface area (Å²) in [7, 11) is 0. The van der Waals surface area contributed by atoms with Crippen LogP contribution in [0.3, 0.4) is 0 Å². The van der Waals surface area contributed by atoms with Gasteiger partial charge in [0.15, 0.2) is 11.5 Å². The zero-order valence-corrected chi connectivity index (χ0v) is 15.2. The standard InChI is InChI=1S/C21H14N4O4/c22-10-17-15(12-2-1-3-14(6-12)25(26)27)8-18-16-9-20-19(28-11-29-20)7-13(16)4-5-24(18)21(17)23/h1-3,6-9,23H,4-5,11H2/p+1. The second kappa shape index (κ2) is 6.21. The van der Waals surface area contributed by atoms with Crippen LogP contribution >= 0.6 is 0 Å². The molecule has 142 valence electrons. The lowest BCUT2D eigenvalue weighted by Gasteiger charge is -2.21. The van der Waals surface area contributed by atoms with Crippen LogP contribution in [0.2, 0.25) is 0 Å². The highest BCUT2D eigenvalue weighted by molar-refractivity contribution is 5.80. The van der Waals surface area contributed by atoms with Gasteiger partial charge in [0.1, 0.15) is 17.3 Å². The Morgan fingerprint density at radius 1 is 1.14 bits per heavy atom. The molecule has 8 nitrogen and oxygen atoms in total. The van der Waals surface area contributed by atoms with Gasteiger partial charge in [-0.05, 0) is 29.3 Å². The normalized spacial score (nSPS) is 13.3. The molecule has 0 atom stereocenters. The molecular weight excluding hydrogens is 372 g/mol. The average molecular weight is 387 g/mol. The van der Waals surface area contributed by atoms with E-state index in [1.54, 1.807) is 12.1 Å². The molecule has 0 saturated heterocycles. The number of nitro benzene ring substituents is 1. The molecule has 2 aromatic carbocycles. The maximum absolute atomic E-state index is 11.2. The number of fused-ring (bicyclic) bond motifs is 4. The molecule has 8 heteroatoms. The monoisotopic (exact) mass is 387 g/mol. The van der Waals surface area contributed by atoms with Crippen molar-refractivity contribution in [3.8, 4) is 40.0 Å². The van der Waals surface area contributed by atoms with Crippen LogP contribution in [0.25, 0.3) is 22.4 Å². The number of benzene rings is 2. The molecule has 2 N–H and O–H groups in total. The first-order valence-electron chi connectivity index (χ1n) is 9.01. The van der Waals surface area contributed by atoms with Crippen molar-refractivity contribution in [2.45, 2.75) is 13.0 Å². The Morgan fingerprint density at radius 3 is 2.69 bits per heavy atom. The highest BCUT2D eigenvalue weighted by Crippen LogP contribution is 2.41. The number of hydrogen-bond donors (Lipinski definition) is 1. The van der Waals surface area contributed by atoms with Crippen molar-refractivity contribution >= 4 is 11.5 Å². The van der Waals surface area contributed by atoms with E-state index in [4.69, 9.17) is 15.2 Å². The summed E-state index contributed by atoms with van der Waals surface area (Å²) in [5, 5.41) is 20.9. The number of aryl methyl sites for hydroxylation is 1. The second-order valence-corrected chi connectivity index (χ2v) is 6.89. The number of nitrogen functional groups attached to an aromatic ring is 1. The summed E-state index contributed by atoms with van der Waals surface area (Å²) in [5.74, 6) is 1.73. The van der Waals surface area contributed by atoms with Gasteiger partial charge in [-0.3, -0.25) is 15.8 Å². The molecule has 5 rings (SSSR count). The van der Waals surface area contributed by atoms with Gasteiger partial charge in [0.05, 0.1) is 11.5 Å². The van der Waals surface area contributed by atoms with Crippen molar-refractivity contribution in [2.75, 3.05) is 12.5 Å². The number of aromatic nitrogens is 1. The van der Waals surface area contributed by atoms with Crippen LogP contribution in [-0.4, -0.2) is 11.7 Å². The molecule has 29 heavy (non-hydrogen) atoms.